The maximum atomic E-state index is 14.5. The molecular formula is C22H22FN3O3S2. The number of halogens is 1. The Kier molecular flexibility index (Phi) is 5.35. The van der Waals surface area contributed by atoms with Crippen LogP contribution in [0.3, 0.4) is 0 Å². The summed E-state index contributed by atoms with van der Waals surface area (Å²) in [5.74, 6) is 0.366. The molecule has 31 heavy (non-hydrogen) atoms. The molecule has 5 rings (SSSR count). The molecule has 0 radical (unpaired) electrons. The number of nitrogens with zero attached hydrogens (tertiary/aromatic N) is 3. The third-order valence-corrected chi connectivity index (χ3v) is 8.20. The number of hydrogen-bond acceptors (Lipinski definition) is 6. The van der Waals surface area contributed by atoms with Crippen LogP contribution in [0.2, 0.25) is 0 Å². The van der Waals surface area contributed by atoms with Gasteiger partial charge in [0.2, 0.25) is 5.16 Å². The minimum Gasteiger partial charge on any atom is -0.263 e. The fourth-order valence-electron chi connectivity index (χ4n) is 3.94. The van der Waals surface area contributed by atoms with Crippen LogP contribution < -0.4 is 0 Å². The summed E-state index contributed by atoms with van der Waals surface area (Å²) in [4.78, 5) is 4.57. The van der Waals surface area contributed by atoms with E-state index in [0.29, 0.717) is 30.2 Å². The summed E-state index contributed by atoms with van der Waals surface area (Å²) in [6.45, 7) is 1.90. The number of aryl methyl sites for hydroxylation is 1. The highest BCUT2D eigenvalue weighted by Gasteiger charge is 2.38. The van der Waals surface area contributed by atoms with E-state index in [1.165, 1.54) is 11.8 Å². The second-order valence-corrected chi connectivity index (χ2v) is 10.9. The molecule has 0 spiro atoms. The molecule has 9 heteroatoms. The van der Waals surface area contributed by atoms with Crippen LogP contribution in [0.4, 0.5) is 4.39 Å². The minimum atomic E-state index is -3.77. The summed E-state index contributed by atoms with van der Waals surface area (Å²) in [6.07, 6.45) is 0.0238. The molecule has 2 heterocycles. The Labute approximate surface area is 185 Å². The van der Waals surface area contributed by atoms with E-state index >= 15 is 0 Å². The molecule has 3 aromatic rings. The van der Waals surface area contributed by atoms with Crippen LogP contribution in [-0.4, -0.2) is 34.5 Å². The predicted octanol–water partition coefficient (Wildman–Crippen LogP) is 4.62. The molecule has 0 saturated heterocycles. The van der Waals surface area contributed by atoms with Gasteiger partial charge in [0.1, 0.15) is 0 Å². The number of rotatable bonds is 6. The van der Waals surface area contributed by atoms with Crippen molar-refractivity contribution < 1.29 is 17.0 Å². The van der Waals surface area contributed by atoms with Crippen molar-refractivity contribution in [2.45, 2.75) is 59.8 Å². The van der Waals surface area contributed by atoms with Crippen LogP contribution in [0.1, 0.15) is 48.4 Å². The number of hydrogen-bond donors (Lipinski definition) is 0. The molecule has 1 saturated carbocycles. The van der Waals surface area contributed by atoms with Gasteiger partial charge in [-0.15, -0.1) is 5.10 Å². The Morgan fingerprint density at radius 1 is 1.06 bits per heavy atom. The van der Waals surface area contributed by atoms with Crippen molar-refractivity contribution >= 4 is 21.9 Å². The van der Waals surface area contributed by atoms with Crippen LogP contribution in [0.15, 0.2) is 64.6 Å². The quantitative estimate of drug-likeness (QED) is 0.501. The molecule has 2 aliphatic rings. The van der Waals surface area contributed by atoms with Crippen LogP contribution in [0, 0.1) is 6.92 Å². The molecule has 0 amide bonds. The highest BCUT2D eigenvalue weighted by Crippen LogP contribution is 2.43. The Hall–Kier alpha value is -2.23. The summed E-state index contributed by atoms with van der Waals surface area (Å²) in [6, 6.07) is 16.2. The molecule has 0 N–H and O–H groups in total. The summed E-state index contributed by atoms with van der Waals surface area (Å²) < 4.78 is 46.4. The van der Waals surface area contributed by atoms with Crippen molar-refractivity contribution in [2.75, 3.05) is 0 Å². The van der Waals surface area contributed by atoms with E-state index in [-0.39, 0.29) is 22.3 Å². The summed E-state index contributed by atoms with van der Waals surface area (Å²) >= 11 is 1.46. The largest absolute Gasteiger partial charge is 0.297 e. The standard InChI is InChI=1S/C22H22FN3O3S2/c1-14-7-9-18(10-8-14)31(27,28)29-16-11-17(12-16)30-22-24-21-19(23)13-20(26(21)25-22)15-5-3-2-4-6-15/h2-10,16-17,19-20H,11-13H2,1H3/t16?,17?,19-,20-/m0/s1. The van der Waals surface area contributed by atoms with E-state index in [2.05, 4.69) is 10.1 Å². The number of alkyl halides is 1. The normalized spacial score (nSPS) is 25.2. The minimum absolute atomic E-state index is 0.148. The fraction of sp³-hybridized carbons (Fsp3) is 0.364. The maximum Gasteiger partial charge on any atom is 0.297 e. The van der Waals surface area contributed by atoms with Gasteiger partial charge in [-0.2, -0.15) is 8.42 Å². The molecule has 1 aliphatic carbocycles. The Morgan fingerprint density at radius 3 is 2.48 bits per heavy atom. The molecular weight excluding hydrogens is 437 g/mol. The Morgan fingerprint density at radius 2 is 1.77 bits per heavy atom. The van der Waals surface area contributed by atoms with Gasteiger partial charge in [0.25, 0.3) is 10.1 Å². The van der Waals surface area contributed by atoms with Crippen LogP contribution in [0.25, 0.3) is 0 Å². The average molecular weight is 460 g/mol. The lowest BCUT2D eigenvalue weighted by molar-refractivity contribution is 0.133. The van der Waals surface area contributed by atoms with Crippen LogP contribution in [0.5, 0.6) is 0 Å². The molecule has 6 nitrogen and oxygen atoms in total. The second kappa shape index (κ2) is 8.03. The Balaban J connectivity index is 1.21. The van der Waals surface area contributed by atoms with E-state index in [1.807, 2.05) is 37.3 Å². The lowest BCUT2D eigenvalue weighted by Crippen LogP contribution is -2.35. The second-order valence-electron chi connectivity index (χ2n) is 8.02. The highest BCUT2D eigenvalue weighted by molar-refractivity contribution is 7.99. The van der Waals surface area contributed by atoms with Crippen molar-refractivity contribution in [3.05, 3.63) is 71.5 Å². The fourth-order valence-corrected chi connectivity index (χ4v) is 6.24. The lowest BCUT2D eigenvalue weighted by atomic mass is 9.96. The SMILES string of the molecule is Cc1ccc(S(=O)(=O)OC2CC(Sc3nc4n(n3)[C@H](c3ccccc3)C[C@@H]4F)C2)cc1. The maximum absolute atomic E-state index is 14.5. The van der Waals surface area contributed by atoms with Gasteiger partial charge in [-0.3, -0.25) is 4.18 Å². The van der Waals surface area contributed by atoms with Gasteiger partial charge in [-0.1, -0.05) is 59.8 Å². The topological polar surface area (TPSA) is 74.1 Å². The van der Waals surface area contributed by atoms with Crippen molar-refractivity contribution in [3.8, 4) is 0 Å². The average Bonchev–Trinajstić information content (AvgIpc) is 3.27. The first-order chi connectivity index (χ1) is 14.9. The third-order valence-electron chi connectivity index (χ3n) is 5.72. The zero-order chi connectivity index (χ0) is 21.6. The van der Waals surface area contributed by atoms with E-state index in [1.54, 1.807) is 28.9 Å². The van der Waals surface area contributed by atoms with Gasteiger partial charge < -0.3 is 0 Å². The number of thioether (sulfide) groups is 1. The third kappa shape index (κ3) is 4.14. The van der Waals surface area contributed by atoms with E-state index in [0.717, 1.165) is 11.1 Å². The van der Waals surface area contributed by atoms with Crippen LogP contribution >= 0.6 is 11.8 Å². The van der Waals surface area contributed by atoms with Gasteiger partial charge >= 0.3 is 0 Å². The molecule has 1 fully saturated rings. The Bertz CT molecular complexity index is 1180. The summed E-state index contributed by atoms with van der Waals surface area (Å²) in [5.41, 5.74) is 2.01. The lowest BCUT2D eigenvalue weighted by Gasteiger charge is -2.33. The van der Waals surface area contributed by atoms with E-state index < -0.39 is 16.3 Å². The van der Waals surface area contributed by atoms with Crippen molar-refractivity contribution in [3.63, 3.8) is 0 Å². The number of benzene rings is 2. The number of aromatic nitrogens is 3. The first-order valence-corrected chi connectivity index (χ1v) is 12.5. The van der Waals surface area contributed by atoms with Gasteiger partial charge in [0.15, 0.2) is 12.0 Å². The first-order valence-electron chi connectivity index (χ1n) is 10.2. The molecule has 162 valence electrons. The summed E-state index contributed by atoms with van der Waals surface area (Å²) in [7, 11) is -3.77. The van der Waals surface area contributed by atoms with E-state index in [9.17, 15) is 12.8 Å². The van der Waals surface area contributed by atoms with E-state index in [4.69, 9.17) is 4.18 Å². The van der Waals surface area contributed by atoms with Gasteiger partial charge in [0, 0.05) is 11.7 Å². The van der Waals surface area contributed by atoms with Crippen molar-refractivity contribution in [2.24, 2.45) is 0 Å². The molecule has 2 atom stereocenters. The van der Waals surface area contributed by atoms with Gasteiger partial charge in [-0.25, -0.2) is 14.1 Å². The molecule has 0 bridgehead atoms. The summed E-state index contributed by atoms with van der Waals surface area (Å²) in [5, 5.41) is 5.22. The first kappa shape index (κ1) is 20.7. The molecule has 1 aromatic heterocycles. The zero-order valence-corrected chi connectivity index (χ0v) is 18.5. The van der Waals surface area contributed by atoms with Crippen molar-refractivity contribution in [1.82, 2.24) is 14.8 Å². The van der Waals surface area contributed by atoms with Crippen molar-refractivity contribution in [1.29, 1.82) is 0 Å². The number of fused-ring (bicyclic) bond motifs is 1. The highest BCUT2D eigenvalue weighted by atomic mass is 32.2. The molecule has 1 aliphatic heterocycles. The molecule has 2 aromatic carbocycles. The van der Waals surface area contributed by atoms with Gasteiger partial charge in [-0.05, 0) is 37.5 Å². The monoisotopic (exact) mass is 459 g/mol. The molecule has 0 unspecified atom stereocenters. The predicted molar refractivity (Wildman–Crippen MR) is 115 cm³/mol. The smallest absolute Gasteiger partial charge is 0.263 e. The van der Waals surface area contributed by atoms with Gasteiger partial charge in [0.05, 0.1) is 17.0 Å². The van der Waals surface area contributed by atoms with Crippen LogP contribution in [-0.2, 0) is 14.3 Å². The zero-order valence-electron chi connectivity index (χ0n) is 16.9.